The molecule has 19 heavy (non-hydrogen) atoms. The van der Waals surface area contributed by atoms with Crippen molar-refractivity contribution in [1.82, 2.24) is 0 Å². The normalized spacial score (nSPS) is 11.9. The van der Waals surface area contributed by atoms with Gasteiger partial charge in [-0.1, -0.05) is 37.3 Å². The average Bonchev–Trinajstić information content (AvgIpc) is 2.38. The van der Waals surface area contributed by atoms with E-state index in [1.807, 2.05) is 38.1 Å². The van der Waals surface area contributed by atoms with Crippen molar-refractivity contribution >= 4 is 34.9 Å². The molecule has 3 nitrogen and oxygen atoms in total. The Morgan fingerprint density at radius 1 is 1.53 bits per heavy atom. The van der Waals surface area contributed by atoms with Gasteiger partial charge in [0.15, 0.2) is 0 Å². The first-order valence-corrected chi connectivity index (χ1v) is 7.75. The Labute approximate surface area is 123 Å². The van der Waals surface area contributed by atoms with Crippen LogP contribution in [0.1, 0.15) is 31.4 Å². The van der Waals surface area contributed by atoms with Crippen LogP contribution < -0.4 is 5.73 Å². The molecule has 1 aromatic rings. The number of hydrogen-bond acceptors (Lipinski definition) is 4. The average molecular weight is 297 g/mol. The van der Waals surface area contributed by atoms with E-state index in [1.165, 1.54) is 11.8 Å². The van der Waals surface area contributed by atoms with Crippen molar-refractivity contribution in [2.24, 2.45) is 5.73 Å². The molecule has 1 unspecified atom stereocenters. The highest BCUT2D eigenvalue weighted by Crippen LogP contribution is 2.14. The van der Waals surface area contributed by atoms with Crippen LogP contribution in [0.3, 0.4) is 0 Å². The van der Waals surface area contributed by atoms with Gasteiger partial charge >= 0.3 is 5.97 Å². The summed E-state index contributed by atoms with van der Waals surface area (Å²) in [4.78, 5) is 11.9. The second-order valence-electron chi connectivity index (χ2n) is 4.27. The van der Waals surface area contributed by atoms with Crippen molar-refractivity contribution in [1.29, 1.82) is 0 Å². The van der Waals surface area contributed by atoms with Gasteiger partial charge in [0, 0.05) is 11.3 Å². The van der Waals surface area contributed by atoms with E-state index in [2.05, 4.69) is 0 Å². The number of hydrogen-bond donors (Lipinski definition) is 1. The van der Waals surface area contributed by atoms with Crippen LogP contribution in [0.5, 0.6) is 0 Å². The molecule has 0 amide bonds. The third-order valence-corrected chi connectivity index (χ3v) is 3.82. The number of thioether (sulfide) groups is 1. The highest BCUT2D eigenvalue weighted by Gasteiger charge is 2.08. The molecule has 0 saturated carbocycles. The molecule has 0 saturated heterocycles. The molecule has 0 radical (unpaired) electrons. The third kappa shape index (κ3) is 6.07. The van der Waals surface area contributed by atoms with E-state index in [9.17, 15) is 4.79 Å². The van der Waals surface area contributed by atoms with E-state index >= 15 is 0 Å². The maximum Gasteiger partial charge on any atom is 0.316 e. The predicted octanol–water partition coefficient (Wildman–Crippen LogP) is 2.90. The summed E-state index contributed by atoms with van der Waals surface area (Å²) < 4.78 is 5.20. The van der Waals surface area contributed by atoms with E-state index < -0.39 is 0 Å². The first-order chi connectivity index (χ1) is 9.02. The Kier molecular flexibility index (Phi) is 6.87. The summed E-state index contributed by atoms with van der Waals surface area (Å²) in [6, 6.07) is 7.75. The Morgan fingerprint density at radius 2 is 2.26 bits per heavy atom. The zero-order valence-electron chi connectivity index (χ0n) is 11.2. The molecule has 0 aliphatic rings. The Morgan fingerprint density at radius 3 is 2.89 bits per heavy atom. The van der Waals surface area contributed by atoms with Crippen LogP contribution in [-0.4, -0.2) is 22.8 Å². The Hall–Kier alpha value is -1.07. The number of esters is 1. The molecule has 1 rings (SSSR count). The minimum atomic E-state index is -0.162. The first-order valence-electron chi connectivity index (χ1n) is 6.19. The topological polar surface area (TPSA) is 52.3 Å². The molecule has 0 bridgehead atoms. The van der Waals surface area contributed by atoms with Gasteiger partial charge in [-0.2, -0.15) is 0 Å². The Balaban J connectivity index is 2.39. The fourth-order valence-electron chi connectivity index (χ4n) is 1.41. The predicted molar refractivity (Wildman–Crippen MR) is 84.3 cm³/mol. The molecule has 0 aliphatic heterocycles. The van der Waals surface area contributed by atoms with Crippen LogP contribution >= 0.6 is 24.0 Å². The SMILES string of the molecule is CCC(C)OC(=O)CSCc1cccc(C(N)=S)c1. The van der Waals surface area contributed by atoms with E-state index in [0.29, 0.717) is 10.7 Å². The van der Waals surface area contributed by atoms with Crippen molar-refractivity contribution in [2.45, 2.75) is 32.1 Å². The fourth-order valence-corrected chi connectivity index (χ4v) is 2.29. The smallest absolute Gasteiger partial charge is 0.316 e. The number of nitrogens with two attached hydrogens (primary N) is 1. The van der Waals surface area contributed by atoms with Crippen molar-refractivity contribution in [3.8, 4) is 0 Å². The molecule has 104 valence electrons. The van der Waals surface area contributed by atoms with Crippen LogP contribution in [0.4, 0.5) is 0 Å². The second kappa shape index (κ2) is 8.17. The summed E-state index contributed by atoms with van der Waals surface area (Å²) in [5, 5.41) is 0. The summed E-state index contributed by atoms with van der Waals surface area (Å²) in [6.07, 6.45) is 0.831. The molecule has 0 heterocycles. The number of thiocarbonyl (C=S) groups is 1. The van der Waals surface area contributed by atoms with Gasteiger partial charge < -0.3 is 10.5 Å². The van der Waals surface area contributed by atoms with Crippen molar-refractivity contribution in [2.75, 3.05) is 5.75 Å². The summed E-state index contributed by atoms with van der Waals surface area (Å²) in [5.74, 6) is 0.943. The molecule has 2 N–H and O–H groups in total. The van der Waals surface area contributed by atoms with Gasteiger partial charge in [-0.25, -0.2) is 0 Å². The van der Waals surface area contributed by atoms with E-state index in [0.717, 1.165) is 23.3 Å². The molecule has 0 fully saturated rings. The number of carbonyl (C=O) groups excluding carboxylic acids is 1. The quantitative estimate of drug-likeness (QED) is 0.619. The maximum atomic E-state index is 11.5. The lowest BCUT2D eigenvalue weighted by atomic mass is 10.1. The van der Waals surface area contributed by atoms with E-state index in [1.54, 1.807) is 0 Å². The van der Waals surface area contributed by atoms with Gasteiger partial charge in [0.25, 0.3) is 0 Å². The maximum absolute atomic E-state index is 11.5. The van der Waals surface area contributed by atoms with Crippen LogP contribution in [0, 0.1) is 0 Å². The second-order valence-corrected chi connectivity index (χ2v) is 5.69. The zero-order chi connectivity index (χ0) is 14.3. The van der Waals surface area contributed by atoms with Crippen molar-refractivity contribution < 1.29 is 9.53 Å². The summed E-state index contributed by atoms with van der Waals surface area (Å²) in [5.41, 5.74) is 7.54. The lowest BCUT2D eigenvalue weighted by molar-refractivity contribution is -0.144. The van der Waals surface area contributed by atoms with Gasteiger partial charge in [0.2, 0.25) is 0 Å². The molecule has 0 aromatic heterocycles. The van der Waals surface area contributed by atoms with E-state index in [-0.39, 0.29) is 12.1 Å². The molecule has 1 aromatic carbocycles. The number of benzene rings is 1. The summed E-state index contributed by atoms with van der Waals surface area (Å²) >= 11 is 6.46. The highest BCUT2D eigenvalue weighted by molar-refractivity contribution is 7.99. The zero-order valence-corrected chi connectivity index (χ0v) is 12.9. The third-order valence-electron chi connectivity index (χ3n) is 2.61. The summed E-state index contributed by atoms with van der Waals surface area (Å²) in [6.45, 7) is 3.89. The monoisotopic (exact) mass is 297 g/mol. The lowest BCUT2D eigenvalue weighted by Crippen LogP contribution is -2.15. The Bertz CT molecular complexity index is 449. The van der Waals surface area contributed by atoms with Gasteiger partial charge in [-0.15, -0.1) is 11.8 Å². The van der Waals surface area contributed by atoms with E-state index in [4.69, 9.17) is 22.7 Å². The fraction of sp³-hybridized carbons (Fsp3) is 0.429. The van der Waals surface area contributed by atoms with Crippen LogP contribution in [0.25, 0.3) is 0 Å². The lowest BCUT2D eigenvalue weighted by Gasteiger charge is -2.10. The highest BCUT2D eigenvalue weighted by atomic mass is 32.2. The number of ether oxygens (including phenoxy) is 1. The molecule has 0 spiro atoms. The molecular weight excluding hydrogens is 278 g/mol. The largest absolute Gasteiger partial charge is 0.462 e. The molecular formula is C14H19NO2S2. The van der Waals surface area contributed by atoms with Crippen molar-refractivity contribution in [3.05, 3.63) is 35.4 Å². The van der Waals surface area contributed by atoms with Crippen molar-refractivity contribution in [3.63, 3.8) is 0 Å². The number of rotatable bonds is 7. The van der Waals surface area contributed by atoms with Crippen LogP contribution in [0.15, 0.2) is 24.3 Å². The number of carbonyl (C=O) groups is 1. The van der Waals surface area contributed by atoms with Gasteiger partial charge in [-0.05, 0) is 25.0 Å². The van der Waals surface area contributed by atoms with Crippen LogP contribution in [-0.2, 0) is 15.3 Å². The molecule has 0 aliphatic carbocycles. The van der Waals surface area contributed by atoms with Gasteiger partial charge in [0.1, 0.15) is 4.99 Å². The van der Waals surface area contributed by atoms with Crippen LogP contribution in [0.2, 0.25) is 0 Å². The minimum Gasteiger partial charge on any atom is -0.462 e. The first kappa shape index (κ1) is 16.0. The van der Waals surface area contributed by atoms with Gasteiger partial charge in [-0.3, -0.25) is 4.79 Å². The molecule has 1 atom stereocenters. The van der Waals surface area contributed by atoms with Gasteiger partial charge in [0.05, 0.1) is 11.9 Å². The minimum absolute atomic E-state index is 0.00829. The molecule has 5 heteroatoms. The summed E-state index contributed by atoms with van der Waals surface area (Å²) in [7, 11) is 0. The standard InChI is InChI=1S/C14H19NO2S2/c1-3-10(2)17-13(16)9-19-8-11-5-4-6-12(7-11)14(15)18/h4-7,10H,3,8-9H2,1-2H3,(H2,15,18).